The van der Waals surface area contributed by atoms with Gasteiger partial charge in [0.05, 0.1) is 0 Å². The summed E-state index contributed by atoms with van der Waals surface area (Å²) in [6, 6.07) is 9.68. The van der Waals surface area contributed by atoms with E-state index in [9.17, 15) is 5.11 Å². The van der Waals surface area contributed by atoms with Gasteiger partial charge in [-0.15, -0.1) is 11.8 Å². The minimum absolute atomic E-state index is 0.362. The van der Waals surface area contributed by atoms with Crippen LogP contribution in [0.2, 0.25) is 0 Å². The van der Waals surface area contributed by atoms with Crippen molar-refractivity contribution in [1.29, 1.82) is 0 Å². The van der Waals surface area contributed by atoms with Gasteiger partial charge in [-0.05, 0) is 75.2 Å². The summed E-state index contributed by atoms with van der Waals surface area (Å²) in [7, 11) is 0. The number of hydrogen-bond acceptors (Lipinski definition) is 4. The van der Waals surface area contributed by atoms with Crippen LogP contribution in [0.1, 0.15) is 31.2 Å². The third kappa shape index (κ3) is 4.72. The van der Waals surface area contributed by atoms with Gasteiger partial charge in [0.1, 0.15) is 0 Å². The molecule has 1 atom stereocenters. The van der Waals surface area contributed by atoms with Crippen LogP contribution in [0.5, 0.6) is 0 Å². The van der Waals surface area contributed by atoms with Crippen molar-refractivity contribution < 1.29 is 5.11 Å². The summed E-state index contributed by atoms with van der Waals surface area (Å²) in [5, 5.41) is 9.42. The van der Waals surface area contributed by atoms with Crippen LogP contribution in [0.3, 0.4) is 0 Å². The smallest absolute Gasteiger partial charge is 0.0471 e. The third-order valence-electron chi connectivity index (χ3n) is 5.42. The Morgan fingerprint density at radius 1 is 1.17 bits per heavy atom. The second kappa shape index (κ2) is 8.52. The molecule has 2 aliphatic heterocycles. The molecule has 1 N–H and O–H groups in total. The molecule has 0 amide bonds. The zero-order valence-corrected chi connectivity index (χ0v) is 15.1. The Bertz CT molecular complexity index is 488. The summed E-state index contributed by atoms with van der Waals surface area (Å²) in [6.07, 6.45) is 7.16. The van der Waals surface area contributed by atoms with Gasteiger partial charge in [-0.2, -0.15) is 0 Å². The van der Waals surface area contributed by atoms with E-state index in [1.807, 2.05) is 11.8 Å². The first kappa shape index (κ1) is 17.3. The predicted octanol–water partition coefficient (Wildman–Crippen LogP) is 3.08. The average Bonchev–Trinajstić information content (AvgIpc) is 2.62. The molecule has 0 radical (unpaired) electrons. The van der Waals surface area contributed by atoms with Crippen molar-refractivity contribution >= 4 is 11.8 Å². The first-order valence-electron chi connectivity index (χ1n) is 8.98. The molecule has 3 nitrogen and oxygen atoms in total. The van der Waals surface area contributed by atoms with Crippen molar-refractivity contribution in [1.82, 2.24) is 9.80 Å². The van der Waals surface area contributed by atoms with Gasteiger partial charge in [0.15, 0.2) is 0 Å². The van der Waals surface area contributed by atoms with E-state index in [4.69, 9.17) is 0 Å². The molecule has 2 heterocycles. The molecular weight excluding hydrogens is 304 g/mol. The van der Waals surface area contributed by atoms with Gasteiger partial charge in [0, 0.05) is 30.6 Å². The fourth-order valence-corrected chi connectivity index (χ4v) is 4.53. The van der Waals surface area contributed by atoms with Crippen molar-refractivity contribution in [2.24, 2.45) is 5.92 Å². The van der Waals surface area contributed by atoms with E-state index in [2.05, 4.69) is 40.3 Å². The number of rotatable bonds is 5. The largest absolute Gasteiger partial charge is 0.396 e. The molecule has 1 aromatic carbocycles. The van der Waals surface area contributed by atoms with Gasteiger partial charge in [-0.25, -0.2) is 0 Å². The Morgan fingerprint density at radius 2 is 2.00 bits per heavy atom. The van der Waals surface area contributed by atoms with Gasteiger partial charge >= 0.3 is 0 Å². The maximum Gasteiger partial charge on any atom is 0.0471 e. The van der Waals surface area contributed by atoms with E-state index in [1.165, 1.54) is 55.8 Å². The molecule has 1 aromatic rings. The number of hydrogen-bond donors (Lipinski definition) is 1. The van der Waals surface area contributed by atoms with Crippen molar-refractivity contribution in [3.63, 3.8) is 0 Å². The Labute approximate surface area is 145 Å². The van der Waals surface area contributed by atoms with Crippen molar-refractivity contribution in [3.05, 3.63) is 29.8 Å². The quantitative estimate of drug-likeness (QED) is 0.837. The van der Waals surface area contributed by atoms with Gasteiger partial charge < -0.3 is 5.11 Å². The maximum atomic E-state index is 9.42. The topological polar surface area (TPSA) is 26.7 Å². The average molecular weight is 335 g/mol. The highest BCUT2D eigenvalue weighted by Crippen LogP contribution is 2.25. The number of piperidine rings is 2. The minimum atomic E-state index is 0.362. The summed E-state index contributed by atoms with van der Waals surface area (Å²) < 4.78 is 0. The lowest BCUT2D eigenvalue weighted by atomic mass is 9.94. The number of aliphatic hydroxyl groups excluding tert-OH is 1. The van der Waals surface area contributed by atoms with Gasteiger partial charge in [0.25, 0.3) is 0 Å². The minimum Gasteiger partial charge on any atom is -0.396 e. The van der Waals surface area contributed by atoms with Gasteiger partial charge in [-0.1, -0.05) is 12.1 Å². The normalized spacial score (nSPS) is 24.9. The number of benzene rings is 1. The van der Waals surface area contributed by atoms with Crippen molar-refractivity contribution in [2.45, 2.75) is 43.2 Å². The van der Waals surface area contributed by atoms with E-state index in [1.54, 1.807) is 0 Å². The highest BCUT2D eigenvalue weighted by Gasteiger charge is 2.28. The standard InChI is InChI=1S/C19H30N2OS/c1-23-19-6-2-4-16(12-19)13-20-10-7-18(8-11-20)21-9-3-5-17(14-21)15-22/h2,4,6,12,17-18,22H,3,5,7-11,13-15H2,1H3. The molecule has 0 aromatic heterocycles. The molecule has 0 saturated carbocycles. The lowest BCUT2D eigenvalue weighted by molar-refractivity contribution is 0.0526. The first-order chi connectivity index (χ1) is 11.3. The highest BCUT2D eigenvalue weighted by molar-refractivity contribution is 7.98. The molecule has 23 heavy (non-hydrogen) atoms. The molecule has 1 unspecified atom stereocenters. The number of nitrogens with zero attached hydrogens (tertiary/aromatic N) is 2. The van der Waals surface area contributed by atoms with Crippen molar-refractivity contribution in [3.8, 4) is 0 Å². The molecule has 4 heteroatoms. The summed E-state index contributed by atoms with van der Waals surface area (Å²) in [6.45, 7) is 6.19. The molecular formula is C19H30N2OS. The van der Waals surface area contributed by atoms with Crippen LogP contribution in [-0.2, 0) is 6.54 Å². The summed E-state index contributed by atoms with van der Waals surface area (Å²) in [5.74, 6) is 0.510. The van der Waals surface area contributed by atoms with Crippen molar-refractivity contribution in [2.75, 3.05) is 39.0 Å². The van der Waals surface area contributed by atoms with E-state index in [-0.39, 0.29) is 0 Å². The van der Waals surface area contributed by atoms with Gasteiger partial charge in [-0.3, -0.25) is 9.80 Å². The van der Waals surface area contributed by atoms with Crippen LogP contribution in [0.25, 0.3) is 0 Å². The summed E-state index contributed by atoms with van der Waals surface area (Å²) in [5.41, 5.74) is 1.44. The molecule has 0 spiro atoms. The molecule has 0 bridgehead atoms. The predicted molar refractivity (Wildman–Crippen MR) is 97.9 cm³/mol. The Kier molecular flexibility index (Phi) is 6.40. The van der Waals surface area contributed by atoms with Crippen LogP contribution >= 0.6 is 11.8 Å². The number of likely N-dealkylation sites (tertiary alicyclic amines) is 2. The van der Waals surface area contributed by atoms with E-state index in [0.29, 0.717) is 12.5 Å². The van der Waals surface area contributed by atoms with Crippen LogP contribution in [-0.4, -0.2) is 60.0 Å². The SMILES string of the molecule is CSc1cccc(CN2CCC(N3CCCC(CO)C3)CC2)c1. The first-order valence-corrected chi connectivity index (χ1v) is 10.2. The summed E-state index contributed by atoms with van der Waals surface area (Å²) in [4.78, 5) is 6.61. The van der Waals surface area contributed by atoms with Crippen LogP contribution in [0.4, 0.5) is 0 Å². The lowest BCUT2D eigenvalue weighted by Gasteiger charge is -2.42. The monoisotopic (exact) mass is 334 g/mol. The third-order valence-corrected chi connectivity index (χ3v) is 6.15. The Balaban J connectivity index is 1.48. The molecule has 2 aliphatic rings. The van der Waals surface area contributed by atoms with Crippen LogP contribution in [0, 0.1) is 5.92 Å². The fraction of sp³-hybridized carbons (Fsp3) is 0.684. The fourth-order valence-electron chi connectivity index (χ4n) is 4.05. The zero-order chi connectivity index (χ0) is 16.1. The molecule has 2 fully saturated rings. The van der Waals surface area contributed by atoms with Crippen LogP contribution < -0.4 is 0 Å². The molecule has 0 aliphatic carbocycles. The van der Waals surface area contributed by atoms with E-state index < -0.39 is 0 Å². The lowest BCUT2D eigenvalue weighted by Crippen LogP contribution is -2.48. The van der Waals surface area contributed by atoms with E-state index in [0.717, 1.165) is 19.1 Å². The zero-order valence-electron chi connectivity index (χ0n) is 14.3. The van der Waals surface area contributed by atoms with Crippen LogP contribution in [0.15, 0.2) is 29.2 Å². The second-order valence-electron chi connectivity index (χ2n) is 7.04. The Morgan fingerprint density at radius 3 is 2.74 bits per heavy atom. The van der Waals surface area contributed by atoms with Gasteiger partial charge in [0.2, 0.25) is 0 Å². The molecule has 3 rings (SSSR count). The van der Waals surface area contributed by atoms with E-state index >= 15 is 0 Å². The highest BCUT2D eigenvalue weighted by atomic mass is 32.2. The number of aliphatic hydroxyl groups is 1. The number of thioether (sulfide) groups is 1. The second-order valence-corrected chi connectivity index (χ2v) is 7.92. The Hall–Kier alpha value is -0.550. The molecule has 2 saturated heterocycles. The molecule has 128 valence electrons. The maximum absolute atomic E-state index is 9.42. The summed E-state index contributed by atoms with van der Waals surface area (Å²) >= 11 is 1.82.